The summed E-state index contributed by atoms with van der Waals surface area (Å²) in [6.45, 7) is 9.15. The van der Waals surface area contributed by atoms with Crippen LogP contribution in [0.3, 0.4) is 0 Å². The maximum Gasteiger partial charge on any atom is 0.119 e. The second-order valence-corrected chi connectivity index (χ2v) is 4.74. The number of allylic oxidation sites excluding steroid dienone is 2. The van der Waals surface area contributed by atoms with Crippen molar-refractivity contribution in [2.45, 2.75) is 19.4 Å². The molecule has 2 N–H and O–H groups in total. The van der Waals surface area contributed by atoms with Gasteiger partial charge in [0.05, 0.1) is 7.11 Å². The van der Waals surface area contributed by atoms with E-state index in [1.165, 1.54) is 22.2 Å². The largest absolute Gasteiger partial charge is 0.497 e. The van der Waals surface area contributed by atoms with Crippen molar-refractivity contribution in [3.8, 4) is 5.75 Å². The molecule has 0 aliphatic rings. The molecular formula is C17H22N2O. The summed E-state index contributed by atoms with van der Waals surface area (Å²) < 4.78 is 7.63. The minimum Gasteiger partial charge on any atom is -0.497 e. The fourth-order valence-corrected chi connectivity index (χ4v) is 2.71. The fourth-order valence-electron chi connectivity index (χ4n) is 2.71. The lowest BCUT2D eigenvalue weighted by atomic mass is 10.1. The molecule has 0 amide bonds. The highest BCUT2D eigenvalue weighted by Gasteiger charge is 2.15. The van der Waals surface area contributed by atoms with Gasteiger partial charge >= 0.3 is 0 Å². The Morgan fingerprint density at radius 3 is 2.70 bits per heavy atom. The van der Waals surface area contributed by atoms with Crippen LogP contribution in [-0.4, -0.2) is 18.2 Å². The topological polar surface area (TPSA) is 40.2 Å². The van der Waals surface area contributed by atoms with Gasteiger partial charge in [-0.2, -0.15) is 0 Å². The second-order valence-electron chi connectivity index (χ2n) is 4.74. The molecule has 0 fully saturated rings. The molecule has 0 radical (unpaired) electrons. The van der Waals surface area contributed by atoms with E-state index in [4.69, 9.17) is 10.5 Å². The van der Waals surface area contributed by atoms with Crippen LogP contribution in [0, 0.1) is 0 Å². The van der Waals surface area contributed by atoms with Crippen molar-refractivity contribution in [2.75, 3.05) is 13.7 Å². The van der Waals surface area contributed by atoms with Gasteiger partial charge in [0.2, 0.25) is 0 Å². The Morgan fingerprint density at radius 1 is 1.30 bits per heavy atom. The van der Waals surface area contributed by atoms with Crippen LogP contribution >= 0.6 is 0 Å². The number of nitrogens with two attached hydrogens (primary N) is 1. The average molecular weight is 270 g/mol. The third kappa shape index (κ3) is 2.49. The van der Waals surface area contributed by atoms with Crippen LogP contribution in [0.5, 0.6) is 5.75 Å². The molecular weight excluding hydrogens is 248 g/mol. The van der Waals surface area contributed by atoms with Crippen LogP contribution in [0.2, 0.25) is 0 Å². The molecule has 0 saturated carbocycles. The summed E-state index contributed by atoms with van der Waals surface area (Å²) in [5, 5.41) is 1.22. The SMILES string of the molecule is C=CCc1c(CCN)c2cc(OC)ccc2n1CC=C. The lowest BCUT2D eigenvalue weighted by Crippen LogP contribution is -2.07. The van der Waals surface area contributed by atoms with Gasteiger partial charge in [0.15, 0.2) is 0 Å². The minimum absolute atomic E-state index is 0.633. The van der Waals surface area contributed by atoms with Gasteiger partial charge in [-0.05, 0) is 36.7 Å². The maximum absolute atomic E-state index is 5.78. The van der Waals surface area contributed by atoms with E-state index in [1.54, 1.807) is 7.11 Å². The highest BCUT2D eigenvalue weighted by Crippen LogP contribution is 2.30. The van der Waals surface area contributed by atoms with Gasteiger partial charge in [0.1, 0.15) is 5.75 Å². The Balaban J connectivity index is 2.74. The Hall–Kier alpha value is -2.00. The smallest absolute Gasteiger partial charge is 0.119 e. The molecule has 106 valence electrons. The molecule has 0 saturated heterocycles. The van der Waals surface area contributed by atoms with Crippen molar-refractivity contribution in [2.24, 2.45) is 5.73 Å². The van der Waals surface area contributed by atoms with Gasteiger partial charge in [0.25, 0.3) is 0 Å². The van der Waals surface area contributed by atoms with Gasteiger partial charge in [0, 0.05) is 29.6 Å². The molecule has 1 heterocycles. The van der Waals surface area contributed by atoms with Gasteiger partial charge in [-0.1, -0.05) is 12.2 Å². The number of aromatic nitrogens is 1. The monoisotopic (exact) mass is 270 g/mol. The van der Waals surface area contributed by atoms with E-state index in [9.17, 15) is 0 Å². The van der Waals surface area contributed by atoms with E-state index in [0.717, 1.165) is 25.1 Å². The molecule has 1 aromatic heterocycles. The summed E-state index contributed by atoms with van der Waals surface area (Å²) in [6.07, 6.45) is 5.55. The van der Waals surface area contributed by atoms with Crippen molar-refractivity contribution in [3.05, 3.63) is 54.8 Å². The van der Waals surface area contributed by atoms with Gasteiger partial charge in [-0.25, -0.2) is 0 Å². The summed E-state index contributed by atoms with van der Waals surface area (Å²) >= 11 is 0. The molecule has 0 bridgehead atoms. The molecule has 3 nitrogen and oxygen atoms in total. The molecule has 2 aromatic rings. The van der Waals surface area contributed by atoms with Crippen molar-refractivity contribution in [1.29, 1.82) is 0 Å². The molecule has 1 aromatic carbocycles. The van der Waals surface area contributed by atoms with Crippen molar-refractivity contribution in [1.82, 2.24) is 4.57 Å². The number of hydrogen-bond acceptors (Lipinski definition) is 2. The van der Waals surface area contributed by atoms with E-state index in [-0.39, 0.29) is 0 Å². The van der Waals surface area contributed by atoms with Crippen LogP contribution < -0.4 is 10.5 Å². The maximum atomic E-state index is 5.78. The predicted molar refractivity (Wildman–Crippen MR) is 85.3 cm³/mol. The zero-order valence-electron chi connectivity index (χ0n) is 12.1. The first kappa shape index (κ1) is 14.4. The predicted octanol–water partition coefficient (Wildman–Crippen LogP) is 3.07. The zero-order valence-corrected chi connectivity index (χ0v) is 12.1. The molecule has 3 heteroatoms. The lowest BCUT2D eigenvalue weighted by Gasteiger charge is -2.08. The van der Waals surface area contributed by atoms with Crippen molar-refractivity contribution >= 4 is 10.9 Å². The van der Waals surface area contributed by atoms with Gasteiger partial charge in [-0.15, -0.1) is 13.2 Å². The molecule has 0 atom stereocenters. The number of rotatable bonds is 7. The Morgan fingerprint density at radius 2 is 2.10 bits per heavy atom. The van der Waals surface area contributed by atoms with Crippen molar-refractivity contribution < 1.29 is 4.74 Å². The van der Waals surface area contributed by atoms with Crippen molar-refractivity contribution in [3.63, 3.8) is 0 Å². The highest BCUT2D eigenvalue weighted by atomic mass is 16.5. The van der Waals surface area contributed by atoms with Crippen LogP contribution in [0.4, 0.5) is 0 Å². The lowest BCUT2D eigenvalue weighted by molar-refractivity contribution is 0.415. The zero-order chi connectivity index (χ0) is 14.5. The van der Waals surface area contributed by atoms with E-state index in [0.29, 0.717) is 6.54 Å². The first-order valence-corrected chi connectivity index (χ1v) is 6.86. The number of fused-ring (bicyclic) bond motifs is 1. The number of ether oxygens (including phenoxy) is 1. The van der Waals surface area contributed by atoms with E-state index in [2.05, 4.69) is 29.9 Å². The highest BCUT2D eigenvalue weighted by molar-refractivity contribution is 5.87. The fraction of sp³-hybridized carbons (Fsp3) is 0.294. The van der Waals surface area contributed by atoms with Crippen LogP contribution in [0.25, 0.3) is 10.9 Å². The molecule has 0 spiro atoms. The quantitative estimate of drug-likeness (QED) is 0.785. The Bertz CT molecular complexity index is 625. The van der Waals surface area contributed by atoms with Crippen LogP contribution in [-0.2, 0) is 19.4 Å². The summed E-state index contributed by atoms with van der Waals surface area (Å²) in [7, 11) is 1.69. The van der Waals surface area contributed by atoms with Crippen LogP contribution in [0.15, 0.2) is 43.5 Å². The average Bonchev–Trinajstić information content (AvgIpc) is 2.74. The van der Waals surface area contributed by atoms with Gasteiger partial charge < -0.3 is 15.0 Å². The number of methoxy groups -OCH3 is 1. The first-order valence-electron chi connectivity index (χ1n) is 6.86. The Kier molecular flexibility index (Phi) is 4.64. The normalized spacial score (nSPS) is 10.7. The Labute approximate surface area is 120 Å². The number of nitrogens with zero attached hydrogens (tertiary/aromatic N) is 1. The third-order valence-electron chi connectivity index (χ3n) is 3.54. The molecule has 0 aliphatic heterocycles. The van der Waals surface area contributed by atoms with Crippen LogP contribution in [0.1, 0.15) is 11.3 Å². The molecule has 2 rings (SSSR count). The minimum atomic E-state index is 0.633. The number of hydrogen-bond donors (Lipinski definition) is 1. The summed E-state index contributed by atoms with van der Waals surface area (Å²) in [6, 6.07) is 6.18. The number of benzene rings is 1. The van der Waals surface area contributed by atoms with Gasteiger partial charge in [-0.3, -0.25) is 0 Å². The third-order valence-corrected chi connectivity index (χ3v) is 3.54. The summed E-state index contributed by atoms with van der Waals surface area (Å²) in [4.78, 5) is 0. The first-order chi connectivity index (χ1) is 9.76. The summed E-state index contributed by atoms with van der Waals surface area (Å²) in [5.74, 6) is 0.872. The molecule has 0 aliphatic carbocycles. The molecule has 0 unspecified atom stereocenters. The van der Waals surface area contributed by atoms with E-state index >= 15 is 0 Å². The van der Waals surface area contributed by atoms with E-state index in [1.807, 2.05) is 18.2 Å². The van der Waals surface area contributed by atoms with E-state index < -0.39 is 0 Å². The summed E-state index contributed by atoms with van der Waals surface area (Å²) in [5.41, 5.74) is 9.55. The molecule has 20 heavy (non-hydrogen) atoms. The second kappa shape index (κ2) is 6.44. The standard InChI is InChI=1S/C17H22N2O/c1-4-6-16-14(9-10-18)15-12-13(20-3)7-8-17(15)19(16)11-5-2/h4-5,7-8,12H,1-2,6,9-11,18H2,3H3.